The number of hydrogen-bond donors (Lipinski definition) is 1. The molecule has 0 spiro atoms. The summed E-state index contributed by atoms with van der Waals surface area (Å²) < 4.78 is 5.53. The molecule has 1 fully saturated rings. The fraction of sp³-hybridized carbons (Fsp3) is 1.00. The summed E-state index contributed by atoms with van der Waals surface area (Å²) in [6, 6.07) is 0.231. The van der Waals surface area contributed by atoms with Crippen molar-refractivity contribution in [2.24, 2.45) is 5.73 Å². The van der Waals surface area contributed by atoms with Crippen molar-refractivity contribution in [1.82, 2.24) is 0 Å². The van der Waals surface area contributed by atoms with Gasteiger partial charge in [0.05, 0.1) is 5.60 Å². The van der Waals surface area contributed by atoms with Crippen molar-refractivity contribution in [2.75, 3.05) is 7.11 Å². The number of ether oxygens (including phenoxy) is 1. The Bertz CT molecular complexity index is 119. The van der Waals surface area contributed by atoms with E-state index < -0.39 is 0 Å². The van der Waals surface area contributed by atoms with E-state index in [4.69, 9.17) is 10.5 Å². The lowest BCUT2D eigenvalue weighted by Gasteiger charge is -2.33. The van der Waals surface area contributed by atoms with Crippen molar-refractivity contribution in [3.05, 3.63) is 0 Å². The highest BCUT2D eigenvalue weighted by molar-refractivity contribution is 4.94. The van der Waals surface area contributed by atoms with Crippen LogP contribution in [-0.4, -0.2) is 18.8 Å². The Balaban J connectivity index is 2.58. The van der Waals surface area contributed by atoms with Crippen molar-refractivity contribution in [1.29, 1.82) is 0 Å². The Labute approximate surface area is 69.1 Å². The molecule has 66 valence electrons. The molecule has 1 unspecified atom stereocenters. The zero-order valence-electron chi connectivity index (χ0n) is 7.60. The summed E-state index contributed by atoms with van der Waals surface area (Å²) in [6.07, 6.45) is 5.88. The third-order valence-electron chi connectivity index (χ3n) is 2.97. The summed E-state index contributed by atoms with van der Waals surface area (Å²) in [6.45, 7) is 2.13. The highest BCUT2D eigenvalue weighted by atomic mass is 16.5. The lowest BCUT2D eigenvalue weighted by Crippen LogP contribution is -2.46. The smallest absolute Gasteiger partial charge is 0.0828 e. The van der Waals surface area contributed by atoms with Crippen LogP contribution in [0.25, 0.3) is 0 Å². The third kappa shape index (κ3) is 1.57. The van der Waals surface area contributed by atoms with Gasteiger partial charge in [-0.1, -0.05) is 19.8 Å². The van der Waals surface area contributed by atoms with Crippen molar-refractivity contribution in [3.63, 3.8) is 0 Å². The normalized spacial score (nSPS) is 25.4. The van der Waals surface area contributed by atoms with E-state index in [-0.39, 0.29) is 11.6 Å². The molecule has 0 heterocycles. The van der Waals surface area contributed by atoms with Gasteiger partial charge in [0, 0.05) is 13.2 Å². The molecule has 1 aliphatic carbocycles. The van der Waals surface area contributed by atoms with E-state index in [0.717, 1.165) is 19.3 Å². The van der Waals surface area contributed by atoms with Crippen molar-refractivity contribution in [2.45, 2.75) is 50.7 Å². The van der Waals surface area contributed by atoms with Gasteiger partial charge in [-0.15, -0.1) is 0 Å². The van der Waals surface area contributed by atoms with Crippen LogP contribution in [0.5, 0.6) is 0 Å². The fourth-order valence-corrected chi connectivity index (χ4v) is 2.07. The largest absolute Gasteiger partial charge is 0.377 e. The van der Waals surface area contributed by atoms with Crippen molar-refractivity contribution < 1.29 is 4.74 Å². The summed E-state index contributed by atoms with van der Waals surface area (Å²) in [7, 11) is 1.79. The first-order chi connectivity index (χ1) is 5.25. The average Bonchev–Trinajstić information content (AvgIpc) is 2.52. The minimum Gasteiger partial charge on any atom is -0.377 e. The quantitative estimate of drug-likeness (QED) is 0.676. The van der Waals surface area contributed by atoms with E-state index in [9.17, 15) is 0 Å². The molecule has 0 bridgehead atoms. The Hall–Kier alpha value is -0.0800. The molecule has 0 saturated heterocycles. The van der Waals surface area contributed by atoms with Crippen LogP contribution >= 0.6 is 0 Å². The molecular formula is C9H19NO. The van der Waals surface area contributed by atoms with Crippen molar-refractivity contribution >= 4 is 0 Å². The summed E-state index contributed by atoms with van der Waals surface area (Å²) in [4.78, 5) is 0. The maximum atomic E-state index is 6.00. The molecular weight excluding hydrogens is 138 g/mol. The second-order valence-corrected chi connectivity index (χ2v) is 3.49. The van der Waals surface area contributed by atoms with Crippen molar-refractivity contribution in [3.8, 4) is 0 Å². The molecule has 2 nitrogen and oxygen atoms in total. The van der Waals surface area contributed by atoms with Crippen LogP contribution in [0.3, 0.4) is 0 Å². The van der Waals surface area contributed by atoms with Crippen LogP contribution in [-0.2, 0) is 4.74 Å². The molecule has 1 rings (SSSR count). The first kappa shape index (κ1) is 9.01. The average molecular weight is 157 g/mol. The van der Waals surface area contributed by atoms with Gasteiger partial charge in [0.15, 0.2) is 0 Å². The Morgan fingerprint density at radius 2 is 2.00 bits per heavy atom. The molecule has 0 amide bonds. The van der Waals surface area contributed by atoms with E-state index >= 15 is 0 Å². The van der Waals surface area contributed by atoms with Gasteiger partial charge in [-0.05, 0) is 19.3 Å². The Morgan fingerprint density at radius 3 is 2.36 bits per heavy atom. The predicted octanol–water partition coefficient (Wildman–Crippen LogP) is 1.68. The van der Waals surface area contributed by atoms with Gasteiger partial charge in [-0.2, -0.15) is 0 Å². The first-order valence-electron chi connectivity index (χ1n) is 4.56. The lowest BCUT2D eigenvalue weighted by atomic mass is 9.91. The van der Waals surface area contributed by atoms with E-state index in [1.54, 1.807) is 7.11 Å². The standard InChI is InChI=1S/C9H19NO/c1-3-8(10)9(11-2)6-4-5-7-9/h8H,3-7,10H2,1-2H3. The molecule has 0 aromatic carbocycles. The zero-order chi connectivity index (χ0) is 8.32. The van der Waals surface area contributed by atoms with Crippen LogP contribution < -0.4 is 5.73 Å². The second-order valence-electron chi connectivity index (χ2n) is 3.49. The summed E-state index contributed by atoms with van der Waals surface area (Å²) >= 11 is 0. The van der Waals surface area contributed by atoms with Gasteiger partial charge < -0.3 is 10.5 Å². The maximum absolute atomic E-state index is 6.00. The van der Waals surface area contributed by atoms with E-state index in [1.165, 1.54) is 12.8 Å². The second kappa shape index (κ2) is 3.55. The van der Waals surface area contributed by atoms with Crippen LogP contribution in [0.1, 0.15) is 39.0 Å². The SMILES string of the molecule is CCC(N)C1(OC)CCCC1. The number of nitrogens with two attached hydrogens (primary N) is 1. The molecule has 1 aliphatic rings. The summed E-state index contributed by atoms with van der Waals surface area (Å²) in [5, 5.41) is 0. The molecule has 2 N–H and O–H groups in total. The molecule has 1 saturated carbocycles. The van der Waals surface area contributed by atoms with Gasteiger partial charge in [0.2, 0.25) is 0 Å². The molecule has 0 aromatic heterocycles. The molecule has 11 heavy (non-hydrogen) atoms. The van der Waals surface area contributed by atoms with E-state index in [2.05, 4.69) is 6.92 Å². The summed E-state index contributed by atoms with van der Waals surface area (Å²) in [5.41, 5.74) is 6.02. The third-order valence-corrected chi connectivity index (χ3v) is 2.97. The van der Waals surface area contributed by atoms with Gasteiger partial charge in [0.25, 0.3) is 0 Å². The minimum absolute atomic E-state index is 0.0226. The van der Waals surface area contributed by atoms with Crippen LogP contribution in [0, 0.1) is 0 Å². The number of rotatable bonds is 3. The fourth-order valence-electron chi connectivity index (χ4n) is 2.07. The van der Waals surface area contributed by atoms with Gasteiger partial charge in [0.1, 0.15) is 0 Å². The van der Waals surface area contributed by atoms with Gasteiger partial charge in [-0.25, -0.2) is 0 Å². The highest BCUT2D eigenvalue weighted by Crippen LogP contribution is 2.35. The monoisotopic (exact) mass is 157 g/mol. The molecule has 0 aliphatic heterocycles. The molecule has 1 atom stereocenters. The molecule has 0 radical (unpaired) electrons. The Kier molecular flexibility index (Phi) is 2.90. The number of methoxy groups -OCH3 is 1. The van der Waals surface area contributed by atoms with Gasteiger partial charge in [-0.3, -0.25) is 0 Å². The van der Waals surface area contributed by atoms with E-state index in [1.807, 2.05) is 0 Å². The first-order valence-corrected chi connectivity index (χ1v) is 4.56. The maximum Gasteiger partial charge on any atom is 0.0828 e. The topological polar surface area (TPSA) is 35.2 Å². The minimum atomic E-state index is 0.0226. The van der Waals surface area contributed by atoms with Gasteiger partial charge >= 0.3 is 0 Å². The molecule has 2 heteroatoms. The van der Waals surface area contributed by atoms with Crippen LogP contribution in [0.2, 0.25) is 0 Å². The molecule has 0 aromatic rings. The van der Waals surface area contributed by atoms with Crippen LogP contribution in [0.4, 0.5) is 0 Å². The lowest BCUT2D eigenvalue weighted by molar-refractivity contribution is -0.0262. The van der Waals surface area contributed by atoms with Crippen LogP contribution in [0.15, 0.2) is 0 Å². The number of hydrogen-bond acceptors (Lipinski definition) is 2. The predicted molar refractivity (Wildman–Crippen MR) is 46.5 cm³/mol. The zero-order valence-corrected chi connectivity index (χ0v) is 7.60. The highest BCUT2D eigenvalue weighted by Gasteiger charge is 2.38. The Morgan fingerprint density at radius 1 is 1.45 bits per heavy atom. The summed E-state index contributed by atoms with van der Waals surface area (Å²) in [5.74, 6) is 0. The van der Waals surface area contributed by atoms with E-state index in [0.29, 0.717) is 0 Å².